The van der Waals surface area contributed by atoms with E-state index in [9.17, 15) is 4.39 Å². The average molecular weight is 271 g/mol. The second kappa shape index (κ2) is 6.75. The standard InChI is InChI=1S/C17H18FNO/c1-3-10-20-17-7-5-4-6-14(17)12-19-16-11-15(18)9-8-13(16)2/h3-9,11,19H,1,10,12H2,2H3. The van der Waals surface area contributed by atoms with Crippen LogP contribution in [0.2, 0.25) is 0 Å². The monoisotopic (exact) mass is 271 g/mol. The first kappa shape index (κ1) is 14.1. The fraction of sp³-hybridized carbons (Fsp3) is 0.176. The molecule has 0 saturated heterocycles. The average Bonchev–Trinajstić information content (AvgIpc) is 2.47. The van der Waals surface area contributed by atoms with E-state index < -0.39 is 0 Å². The molecule has 0 radical (unpaired) electrons. The van der Waals surface area contributed by atoms with E-state index in [2.05, 4.69) is 11.9 Å². The largest absolute Gasteiger partial charge is 0.489 e. The third-order valence-corrected chi connectivity index (χ3v) is 3.00. The van der Waals surface area contributed by atoms with Crippen molar-refractivity contribution in [3.63, 3.8) is 0 Å². The highest BCUT2D eigenvalue weighted by molar-refractivity contribution is 5.51. The molecule has 0 atom stereocenters. The van der Waals surface area contributed by atoms with Crippen molar-refractivity contribution in [2.45, 2.75) is 13.5 Å². The second-order valence-corrected chi connectivity index (χ2v) is 4.52. The fourth-order valence-corrected chi connectivity index (χ4v) is 1.91. The molecule has 3 heteroatoms. The number of benzene rings is 2. The summed E-state index contributed by atoms with van der Waals surface area (Å²) in [5, 5.41) is 3.24. The zero-order chi connectivity index (χ0) is 14.4. The first-order valence-electron chi connectivity index (χ1n) is 6.52. The number of hydrogen-bond donors (Lipinski definition) is 1. The Morgan fingerprint density at radius 2 is 2.05 bits per heavy atom. The Bertz CT molecular complexity index is 595. The van der Waals surface area contributed by atoms with E-state index in [1.807, 2.05) is 31.2 Å². The van der Waals surface area contributed by atoms with Gasteiger partial charge in [0.15, 0.2) is 0 Å². The molecule has 1 N–H and O–H groups in total. The summed E-state index contributed by atoms with van der Waals surface area (Å²) in [6.45, 7) is 6.63. The summed E-state index contributed by atoms with van der Waals surface area (Å²) < 4.78 is 18.8. The normalized spacial score (nSPS) is 10.1. The van der Waals surface area contributed by atoms with Gasteiger partial charge in [-0.05, 0) is 30.7 Å². The van der Waals surface area contributed by atoms with E-state index in [-0.39, 0.29) is 5.82 Å². The van der Waals surface area contributed by atoms with Crippen LogP contribution in [0.3, 0.4) is 0 Å². The van der Waals surface area contributed by atoms with Gasteiger partial charge >= 0.3 is 0 Å². The van der Waals surface area contributed by atoms with Crippen molar-refractivity contribution in [3.05, 3.63) is 72.1 Å². The Balaban J connectivity index is 2.10. The van der Waals surface area contributed by atoms with Crippen LogP contribution in [-0.4, -0.2) is 6.61 Å². The number of para-hydroxylation sites is 1. The lowest BCUT2D eigenvalue weighted by molar-refractivity contribution is 0.359. The Morgan fingerprint density at radius 1 is 1.25 bits per heavy atom. The maximum Gasteiger partial charge on any atom is 0.125 e. The molecule has 0 saturated carbocycles. The molecule has 104 valence electrons. The molecule has 0 aromatic heterocycles. The Hall–Kier alpha value is -2.29. The van der Waals surface area contributed by atoms with Crippen LogP contribution in [0.25, 0.3) is 0 Å². The predicted octanol–water partition coefficient (Wildman–Crippen LogP) is 4.31. The molecular weight excluding hydrogens is 253 g/mol. The van der Waals surface area contributed by atoms with Crippen LogP contribution >= 0.6 is 0 Å². The van der Waals surface area contributed by atoms with E-state index in [1.165, 1.54) is 12.1 Å². The summed E-state index contributed by atoms with van der Waals surface area (Å²) in [6, 6.07) is 12.5. The van der Waals surface area contributed by atoms with Gasteiger partial charge in [0.2, 0.25) is 0 Å². The van der Waals surface area contributed by atoms with E-state index in [0.717, 1.165) is 22.6 Å². The second-order valence-electron chi connectivity index (χ2n) is 4.52. The number of anilines is 1. The number of aryl methyl sites for hydroxylation is 1. The van der Waals surface area contributed by atoms with E-state index in [0.29, 0.717) is 13.2 Å². The van der Waals surface area contributed by atoms with Crippen LogP contribution in [0.4, 0.5) is 10.1 Å². The summed E-state index contributed by atoms with van der Waals surface area (Å²) >= 11 is 0. The molecule has 2 aromatic carbocycles. The lowest BCUT2D eigenvalue weighted by Gasteiger charge is -2.13. The lowest BCUT2D eigenvalue weighted by atomic mass is 10.1. The molecule has 0 heterocycles. The molecule has 0 aliphatic carbocycles. The smallest absolute Gasteiger partial charge is 0.125 e. The van der Waals surface area contributed by atoms with Crippen molar-refractivity contribution in [1.29, 1.82) is 0 Å². The summed E-state index contributed by atoms with van der Waals surface area (Å²) in [5.74, 6) is 0.572. The lowest BCUT2D eigenvalue weighted by Crippen LogP contribution is -2.04. The van der Waals surface area contributed by atoms with Crippen LogP contribution in [0.1, 0.15) is 11.1 Å². The highest BCUT2D eigenvalue weighted by Crippen LogP contribution is 2.21. The third-order valence-electron chi connectivity index (χ3n) is 3.00. The van der Waals surface area contributed by atoms with Crippen LogP contribution in [0.5, 0.6) is 5.75 Å². The predicted molar refractivity (Wildman–Crippen MR) is 80.6 cm³/mol. The van der Waals surface area contributed by atoms with Gasteiger partial charge in [-0.2, -0.15) is 0 Å². The first-order chi connectivity index (χ1) is 9.70. The summed E-state index contributed by atoms with van der Waals surface area (Å²) in [5.41, 5.74) is 2.83. The SMILES string of the molecule is C=CCOc1ccccc1CNc1cc(F)ccc1C. The van der Waals surface area contributed by atoms with Crippen molar-refractivity contribution in [2.24, 2.45) is 0 Å². The van der Waals surface area contributed by atoms with Crippen molar-refractivity contribution in [1.82, 2.24) is 0 Å². The molecule has 2 aromatic rings. The summed E-state index contributed by atoms with van der Waals surface area (Å²) in [6.07, 6.45) is 1.71. The van der Waals surface area contributed by atoms with Gasteiger partial charge in [0.25, 0.3) is 0 Å². The summed E-state index contributed by atoms with van der Waals surface area (Å²) in [4.78, 5) is 0. The van der Waals surface area contributed by atoms with Gasteiger partial charge in [0, 0.05) is 17.8 Å². The van der Waals surface area contributed by atoms with Gasteiger partial charge in [0.05, 0.1) is 0 Å². The van der Waals surface area contributed by atoms with Crippen molar-refractivity contribution in [2.75, 3.05) is 11.9 Å². The Morgan fingerprint density at radius 3 is 2.85 bits per heavy atom. The van der Waals surface area contributed by atoms with E-state index >= 15 is 0 Å². The molecule has 0 aliphatic heterocycles. The molecule has 0 unspecified atom stereocenters. The number of halogens is 1. The Kier molecular flexibility index (Phi) is 4.77. The molecule has 2 nitrogen and oxygen atoms in total. The maximum absolute atomic E-state index is 13.2. The van der Waals surface area contributed by atoms with E-state index in [1.54, 1.807) is 12.1 Å². The van der Waals surface area contributed by atoms with Crippen LogP contribution in [0, 0.1) is 12.7 Å². The van der Waals surface area contributed by atoms with Crippen molar-refractivity contribution >= 4 is 5.69 Å². The van der Waals surface area contributed by atoms with Crippen molar-refractivity contribution < 1.29 is 9.13 Å². The van der Waals surface area contributed by atoms with Gasteiger partial charge < -0.3 is 10.1 Å². The minimum Gasteiger partial charge on any atom is -0.489 e. The van der Waals surface area contributed by atoms with Crippen molar-refractivity contribution in [3.8, 4) is 5.75 Å². The van der Waals surface area contributed by atoms with Gasteiger partial charge in [0.1, 0.15) is 18.2 Å². The highest BCUT2D eigenvalue weighted by Gasteiger charge is 2.04. The van der Waals surface area contributed by atoms with Gasteiger partial charge in [-0.3, -0.25) is 0 Å². The molecule has 20 heavy (non-hydrogen) atoms. The van der Waals surface area contributed by atoms with Gasteiger partial charge in [-0.1, -0.05) is 36.9 Å². The molecule has 0 bridgehead atoms. The number of nitrogens with one attached hydrogen (secondary N) is 1. The molecular formula is C17H18FNO. The fourth-order valence-electron chi connectivity index (χ4n) is 1.91. The number of ether oxygens (including phenoxy) is 1. The molecule has 0 amide bonds. The third kappa shape index (κ3) is 3.60. The zero-order valence-electron chi connectivity index (χ0n) is 11.5. The quantitative estimate of drug-likeness (QED) is 0.790. The minimum absolute atomic E-state index is 0.241. The van der Waals surface area contributed by atoms with Gasteiger partial charge in [-0.25, -0.2) is 4.39 Å². The number of rotatable bonds is 6. The van der Waals surface area contributed by atoms with Crippen LogP contribution in [0.15, 0.2) is 55.1 Å². The maximum atomic E-state index is 13.2. The minimum atomic E-state index is -0.241. The molecule has 0 fully saturated rings. The van der Waals surface area contributed by atoms with Crippen LogP contribution < -0.4 is 10.1 Å². The molecule has 2 rings (SSSR count). The molecule has 0 aliphatic rings. The highest BCUT2D eigenvalue weighted by atomic mass is 19.1. The van der Waals surface area contributed by atoms with Crippen LogP contribution in [-0.2, 0) is 6.54 Å². The topological polar surface area (TPSA) is 21.3 Å². The Labute approximate surface area is 118 Å². The molecule has 0 spiro atoms. The first-order valence-corrected chi connectivity index (χ1v) is 6.52. The zero-order valence-corrected chi connectivity index (χ0v) is 11.5. The van der Waals surface area contributed by atoms with Gasteiger partial charge in [-0.15, -0.1) is 0 Å². The van der Waals surface area contributed by atoms with E-state index in [4.69, 9.17) is 4.74 Å². The summed E-state index contributed by atoms with van der Waals surface area (Å²) in [7, 11) is 0. The number of hydrogen-bond acceptors (Lipinski definition) is 2.